The second-order valence-corrected chi connectivity index (χ2v) is 7.62. The van der Waals surface area contributed by atoms with Gasteiger partial charge in [0.15, 0.2) is 11.6 Å². The zero-order chi connectivity index (χ0) is 20.0. The molecule has 0 fully saturated rings. The minimum Gasteiger partial charge on any atom is -0.511 e. The monoisotopic (exact) mass is 359 g/mol. The molecule has 0 aromatic carbocycles. The molecular formula is C21H29NO4. The highest BCUT2D eigenvalue weighted by Gasteiger charge is 2.38. The molecule has 0 bridgehead atoms. The maximum Gasteiger partial charge on any atom is 0.172 e. The Labute approximate surface area is 155 Å². The van der Waals surface area contributed by atoms with Crippen LogP contribution in [0.5, 0.6) is 0 Å². The second kappa shape index (κ2) is 9.41. The van der Waals surface area contributed by atoms with E-state index in [2.05, 4.69) is 5.18 Å². The molecule has 0 heterocycles. The number of aliphatic hydroxyl groups is 1. The average molecular weight is 359 g/mol. The molecule has 0 unspecified atom stereocenters. The van der Waals surface area contributed by atoms with E-state index in [0.717, 1.165) is 11.1 Å². The Morgan fingerprint density at radius 2 is 1.73 bits per heavy atom. The van der Waals surface area contributed by atoms with Gasteiger partial charge in [-0.2, -0.15) is 0 Å². The minimum atomic E-state index is -0.845. The van der Waals surface area contributed by atoms with Crippen molar-refractivity contribution in [3.63, 3.8) is 0 Å². The van der Waals surface area contributed by atoms with Crippen LogP contribution in [0, 0.1) is 16.7 Å². The highest BCUT2D eigenvalue weighted by Crippen LogP contribution is 2.37. The van der Waals surface area contributed by atoms with Gasteiger partial charge in [0.2, 0.25) is 0 Å². The van der Waals surface area contributed by atoms with Gasteiger partial charge in [-0.15, -0.1) is 4.91 Å². The zero-order valence-corrected chi connectivity index (χ0v) is 16.5. The van der Waals surface area contributed by atoms with Crippen LogP contribution in [-0.2, 0) is 9.59 Å². The van der Waals surface area contributed by atoms with Crippen LogP contribution in [0.4, 0.5) is 0 Å². The first-order chi connectivity index (χ1) is 12.1. The molecule has 26 heavy (non-hydrogen) atoms. The maximum absolute atomic E-state index is 12.9. The molecule has 1 rings (SSSR count). The Hall–Kier alpha value is -2.30. The Bertz CT molecular complexity index is 712. The number of hydrogen-bond acceptors (Lipinski definition) is 5. The smallest absolute Gasteiger partial charge is 0.172 e. The van der Waals surface area contributed by atoms with Crippen LogP contribution in [0.2, 0.25) is 0 Å². The van der Waals surface area contributed by atoms with E-state index >= 15 is 0 Å². The molecule has 0 saturated carbocycles. The van der Waals surface area contributed by atoms with E-state index in [1.165, 1.54) is 0 Å². The van der Waals surface area contributed by atoms with Crippen molar-refractivity contribution in [3.05, 3.63) is 50.8 Å². The van der Waals surface area contributed by atoms with Crippen molar-refractivity contribution in [3.8, 4) is 0 Å². The van der Waals surface area contributed by atoms with Gasteiger partial charge in [-0.3, -0.25) is 9.59 Å². The van der Waals surface area contributed by atoms with E-state index < -0.39 is 5.92 Å². The van der Waals surface area contributed by atoms with E-state index in [9.17, 15) is 19.6 Å². The van der Waals surface area contributed by atoms with Crippen LogP contribution in [0.15, 0.2) is 51.1 Å². The van der Waals surface area contributed by atoms with Crippen LogP contribution in [0.1, 0.15) is 60.8 Å². The number of carbonyl (C=O) groups is 2. The Kier molecular flexibility index (Phi) is 7.87. The normalized spacial score (nSPS) is 17.5. The van der Waals surface area contributed by atoms with Crippen LogP contribution < -0.4 is 0 Å². The Morgan fingerprint density at radius 3 is 2.19 bits per heavy atom. The summed E-state index contributed by atoms with van der Waals surface area (Å²) in [5.74, 6) is -1.80. The van der Waals surface area contributed by atoms with Gasteiger partial charge in [0.25, 0.3) is 0 Å². The zero-order valence-electron chi connectivity index (χ0n) is 16.5. The predicted molar refractivity (Wildman–Crippen MR) is 104 cm³/mol. The van der Waals surface area contributed by atoms with Gasteiger partial charge in [-0.25, -0.2) is 0 Å². The van der Waals surface area contributed by atoms with Crippen LogP contribution in [0.25, 0.3) is 0 Å². The quantitative estimate of drug-likeness (QED) is 0.468. The summed E-state index contributed by atoms with van der Waals surface area (Å²) in [4.78, 5) is 37.1. The number of ketones is 2. The van der Waals surface area contributed by atoms with Gasteiger partial charge >= 0.3 is 0 Å². The van der Waals surface area contributed by atoms with Gasteiger partial charge in [0.1, 0.15) is 11.5 Å². The van der Waals surface area contributed by atoms with E-state index in [-0.39, 0.29) is 59.3 Å². The summed E-state index contributed by atoms with van der Waals surface area (Å²) in [5.41, 5.74) is 1.92. The number of allylic oxidation sites excluding steroid dienone is 7. The minimum absolute atomic E-state index is 0.0609. The molecule has 5 heteroatoms. The van der Waals surface area contributed by atoms with Crippen molar-refractivity contribution >= 4 is 11.6 Å². The summed E-state index contributed by atoms with van der Waals surface area (Å²) in [6.45, 7) is 11.3. The number of aliphatic hydroxyl groups excluding tert-OH is 1. The summed E-state index contributed by atoms with van der Waals surface area (Å²) in [6.07, 6.45) is 4.36. The number of nitroso groups, excluding NO2 is 1. The van der Waals surface area contributed by atoms with E-state index in [4.69, 9.17) is 0 Å². The van der Waals surface area contributed by atoms with Crippen molar-refractivity contribution in [1.29, 1.82) is 0 Å². The molecule has 1 N–H and O–H groups in total. The predicted octanol–water partition coefficient (Wildman–Crippen LogP) is 5.35. The van der Waals surface area contributed by atoms with Crippen LogP contribution in [-0.4, -0.2) is 16.7 Å². The van der Waals surface area contributed by atoms with Gasteiger partial charge < -0.3 is 5.11 Å². The number of nitrogens with zero attached hydrogens (tertiary/aromatic N) is 1. The lowest BCUT2D eigenvalue weighted by molar-refractivity contribution is -0.119. The lowest BCUT2D eigenvalue weighted by atomic mass is 9.79. The lowest BCUT2D eigenvalue weighted by Gasteiger charge is -2.25. The molecule has 0 aromatic rings. The third kappa shape index (κ3) is 5.35. The van der Waals surface area contributed by atoms with Crippen molar-refractivity contribution in [2.75, 3.05) is 0 Å². The van der Waals surface area contributed by atoms with Crippen LogP contribution >= 0.6 is 0 Å². The highest BCUT2D eigenvalue weighted by molar-refractivity contribution is 6.09. The average Bonchev–Trinajstić information content (AvgIpc) is 2.51. The molecule has 5 nitrogen and oxygen atoms in total. The maximum atomic E-state index is 12.9. The number of rotatable bonds is 8. The molecule has 0 radical (unpaired) electrons. The standard InChI is InChI=1S/C21H29NO4/c1-12(2)7-9-15-19(22-26)18(17(23)11-14(5)6)21(25)16(20(15)24)10-8-13(3)4/h7-8,14,16,25H,9-11H2,1-6H3/t16-/m1/s1. The third-order valence-electron chi connectivity index (χ3n) is 4.16. The summed E-state index contributed by atoms with van der Waals surface area (Å²) in [5, 5.41) is 13.6. The van der Waals surface area contributed by atoms with Gasteiger partial charge in [-0.05, 0) is 51.6 Å². The van der Waals surface area contributed by atoms with Crippen molar-refractivity contribution in [2.45, 2.75) is 60.8 Å². The summed E-state index contributed by atoms with van der Waals surface area (Å²) in [6, 6.07) is 0. The fraction of sp³-hybridized carbons (Fsp3) is 0.524. The number of hydrogen-bond donors (Lipinski definition) is 1. The van der Waals surface area contributed by atoms with Gasteiger partial charge in [0.05, 0.1) is 11.5 Å². The van der Waals surface area contributed by atoms with Crippen molar-refractivity contribution in [1.82, 2.24) is 0 Å². The van der Waals surface area contributed by atoms with Crippen molar-refractivity contribution < 1.29 is 14.7 Å². The Morgan fingerprint density at radius 1 is 1.15 bits per heavy atom. The molecule has 0 aromatic heterocycles. The number of Topliss-reactive ketones (excluding diaryl/α,β-unsaturated/α-hetero) is 2. The molecule has 1 aliphatic carbocycles. The highest BCUT2D eigenvalue weighted by atomic mass is 16.3. The lowest BCUT2D eigenvalue weighted by Crippen LogP contribution is -2.28. The third-order valence-corrected chi connectivity index (χ3v) is 4.16. The van der Waals surface area contributed by atoms with Crippen molar-refractivity contribution in [2.24, 2.45) is 17.0 Å². The summed E-state index contributed by atoms with van der Waals surface area (Å²) >= 11 is 0. The molecule has 142 valence electrons. The molecule has 0 amide bonds. The number of carbonyl (C=O) groups excluding carboxylic acids is 2. The van der Waals surface area contributed by atoms with E-state index in [1.807, 2.05) is 53.7 Å². The Balaban J connectivity index is 3.54. The summed E-state index contributed by atoms with van der Waals surface area (Å²) < 4.78 is 0. The fourth-order valence-electron chi connectivity index (χ4n) is 2.82. The molecule has 0 saturated heterocycles. The van der Waals surface area contributed by atoms with Gasteiger partial charge in [0, 0.05) is 12.0 Å². The molecule has 1 aliphatic rings. The molecule has 0 aliphatic heterocycles. The topological polar surface area (TPSA) is 83.8 Å². The molecule has 1 atom stereocenters. The van der Waals surface area contributed by atoms with Gasteiger partial charge in [-0.1, -0.05) is 37.1 Å². The fourth-order valence-corrected chi connectivity index (χ4v) is 2.82. The van der Waals surface area contributed by atoms with Crippen LogP contribution in [0.3, 0.4) is 0 Å². The molecule has 0 spiro atoms. The SMILES string of the molecule is CC(C)=CCC1=C(N=O)C(C(=O)CC(C)C)=C(O)[C@H](CC=C(C)C)C1=O. The summed E-state index contributed by atoms with van der Waals surface area (Å²) in [7, 11) is 0. The first-order valence-electron chi connectivity index (χ1n) is 8.94. The molecular weight excluding hydrogens is 330 g/mol. The first-order valence-corrected chi connectivity index (χ1v) is 8.94. The second-order valence-electron chi connectivity index (χ2n) is 7.62. The largest absolute Gasteiger partial charge is 0.511 e. The first kappa shape index (κ1) is 21.7. The van der Waals surface area contributed by atoms with E-state index in [1.54, 1.807) is 0 Å². The van der Waals surface area contributed by atoms with E-state index in [0.29, 0.717) is 0 Å².